The van der Waals surface area contributed by atoms with Crippen LogP contribution in [0.2, 0.25) is 5.02 Å². The smallest absolute Gasteiger partial charge is 0.240 e. The van der Waals surface area contributed by atoms with E-state index < -0.39 is 6.10 Å². The summed E-state index contributed by atoms with van der Waals surface area (Å²) >= 11 is 5.84. The largest absolute Gasteiger partial charge is 0.491 e. The van der Waals surface area contributed by atoms with Gasteiger partial charge in [-0.05, 0) is 25.1 Å². The van der Waals surface area contributed by atoms with Crippen molar-refractivity contribution in [1.82, 2.24) is 15.5 Å². The summed E-state index contributed by atoms with van der Waals surface area (Å²) in [5.41, 5.74) is 0. The SMILES string of the molecule is Cc1noc(CNCC(O)COc2cccc(Cl)c2)n1. The quantitative estimate of drug-likeness (QED) is 0.807. The molecule has 0 spiro atoms. The van der Waals surface area contributed by atoms with Crippen molar-refractivity contribution < 1.29 is 14.4 Å². The van der Waals surface area contributed by atoms with E-state index in [-0.39, 0.29) is 6.61 Å². The monoisotopic (exact) mass is 297 g/mol. The fraction of sp³-hybridized carbons (Fsp3) is 0.385. The molecule has 1 unspecified atom stereocenters. The minimum atomic E-state index is -0.641. The Labute approximate surface area is 121 Å². The molecule has 0 fully saturated rings. The highest BCUT2D eigenvalue weighted by Gasteiger charge is 2.07. The number of aliphatic hydroxyl groups excluding tert-OH is 1. The molecule has 0 saturated carbocycles. The molecule has 0 amide bonds. The Balaban J connectivity index is 1.66. The summed E-state index contributed by atoms with van der Waals surface area (Å²) in [6.07, 6.45) is -0.641. The van der Waals surface area contributed by atoms with Gasteiger partial charge < -0.3 is 19.7 Å². The zero-order chi connectivity index (χ0) is 14.4. The van der Waals surface area contributed by atoms with Crippen LogP contribution in [0.15, 0.2) is 28.8 Å². The van der Waals surface area contributed by atoms with Crippen LogP contribution in [0.3, 0.4) is 0 Å². The van der Waals surface area contributed by atoms with Gasteiger partial charge in [-0.2, -0.15) is 4.98 Å². The van der Waals surface area contributed by atoms with E-state index in [4.69, 9.17) is 20.9 Å². The summed E-state index contributed by atoms with van der Waals surface area (Å²) < 4.78 is 10.4. The maximum Gasteiger partial charge on any atom is 0.240 e. The average Bonchev–Trinajstić information content (AvgIpc) is 2.82. The van der Waals surface area contributed by atoms with Gasteiger partial charge in [0.05, 0.1) is 6.54 Å². The summed E-state index contributed by atoms with van der Waals surface area (Å²) in [5.74, 6) is 1.71. The molecule has 1 atom stereocenters. The zero-order valence-electron chi connectivity index (χ0n) is 11.0. The highest BCUT2D eigenvalue weighted by atomic mass is 35.5. The molecule has 1 aromatic heterocycles. The van der Waals surface area contributed by atoms with Gasteiger partial charge in [-0.3, -0.25) is 0 Å². The van der Waals surface area contributed by atoms with Gasteiger partial charge >= 0.3 is 0 Å². The van der Waals surface area contributed by atoms with Gasteiger partial charge in [0.25, 0.3) is 0 Å². The number of aryl methyl sites for hydroxylation is 1. The van der Waals surface area contributed by atoms with E-state index in [1.54, 1.807) is 31.2 Å². The number of ether oxygens (including phenoxy) is 1. The number of halogens is 1. The second-order valence-corrected chi connectivity index (χ2v) is 4.72. The number of aliphatic hydroxyl groups is 1. The van der Waals surface area contributed by atoms with E-state index in [2.05, 4.69) is 15.5 Å². The van der Waals surface area contributed by atoms with Crippen molar-refractivity contribution in [3.63, 3.8) is 0 Å². The molecule has 0 radical (unpaired) electrons. The first-order valence-electron chi connectivity index (χ1n) is 6.20. The van der Waals surface area contributed by atoms with Gasteiger partial charge in [-0.1, -0.05) is 22.8 Å². The molecule has 0 saturated heterocycles. The molecule has 2 rings (SSSR count). The van der Waals surface area contributed by atoms with Crippen LogP contribution in [-0.4, -0.2) is 34.5 Å². The predicted octanol–water partition coefficient (Wildman–Crippen LogP) is 1.56. The average molecular weight is 298 g/mol. The molecule has 1 aromatic carbocycles. The van der Waals surface area contributed by atoms with Crippen molar-refractivity contribution in [1.29, 1.82) is 0 Å². The Bertz CT molecular complexity index is 547. The van der Waals surface area contributed by atoms with E-state index in [9.17, 15) is 5.11 Å². The minimum absolute atomic E-state index is 0.177. The number of aromatic nitrogens is 2. The van der Waals surface area contributed by atoms with Crippen molar-refractivity contribution in [2.75, 3.05) is 13.2 Å². The summed E-state index contributed by atoms with van der Waals surface area (Å²) in [6.45, 7) is 2.70. The molecule has 2 aromatic rings. The second-order valence-electron chi connectivity index (χ2n) is 4.29. The van der Waals surface area contributed by atoms with E-state index in [1.807, 2.05) is 0 Å². The van der Waals surface area contributed by atoms with Crippen LogP contribution in [0, 0.1) is 6.92 Å². The Morgan fingerprint density at radius 2 is 2.35 bits per heavy atom. The van der Waals surface area contributed by atoms with Crippen LogP contribution >= 0.6 is 11.6 Å². The van der Waals surface area contributed by atoms with Gasteiger partial charge in [-0.15, -0.1) is 0 Å². The molecule has 7 heteroatoms. The molecular weight excluding hydrogens is 282 g/mol. The van der Waals surface area contributed by atoms with Gasteiger partial charge in [0.1, 0.15) is 18.5 Å². The number of hydrogen-bond donors (Lipinski definition) is 2. The molecule has 0 aliphatic heterocycles. The lowest BCUT2D eigenvalue weighted by molar-refractivity contribution is 0.105. The number of nitrogens with one attached hydrogen (secondary N) is 1. The lowest BCUT2D eigenvalue weighted by Gasteiger charge is -2.12. The van der Waals surface area contributed by atoms with Crippen molar-refractivity contribution in [3.05, 3.63) is 41.0 Å². The van der Waals surface area contributed by atoms with E-state index in [0.717, 1.165) is 0 Å². The van der Waals surface area contributed by atoms with Crippen LogP contribution in [0.1, 0.15) is 11.7 Å². The Morgan fingerprint density at radius 1 is 1.50 bits per heavy atom. The summed E-state index contributed by atoms with van der Waals surface area (Å²) in [4.78, 5) is 4.04. The molecule has 2 N–H and O–H groups in total. The maximum atomic E-state index is 9.78. The summed E-state index contributed by atoms with van der Waals surface area (Å²) in [5, 5.41) is 17.1. The van der Waals surface area contributed by atoms with Crippen LogP contribution in [0.5, 0.6) is 5.75 Å². The molecule has 6 nitrogen and oxygen atoms in total. The normalized spacial score (nSPS) is 12.3. The second kappa shape index (κ2) is 7.23. The van der Waals surface area contributed by atoms with Crippen molar-refractivity contribution in [3.8, 4) is 5.75 Å². The number of nitrogens with zero attached hydrogens (tertiary/aromatic N) is 2. The molecule has 0 bridgehead atoms. The van der Waals surface area contributed by atoms with E-state index in [1.165, 1.54) is 0 Å². The molecule has 1 heterocycles. The standard InChI is InChI=1S/C13H16ClN3O3/c1-9-16-13(20-17-9)7-15-6-11(18)8-19-12-4-2-3-10(14)5-12/h2-5,11,15,18H,6-8H2,1H3. The summed E-state index contributed by atoms with van der Waals surface area (Å²) in [7, 11) is 0. The van der Waals surface area contributed by atoms with Crippen molar-refractivity contribution in [2.45, 2.75) is 19.6 Å². The van der Waals surface area contributed by atoms with Crippen molar-refractivity contribution >= 4 is 11.6 Å². The van der Waals surface area contributed by atoms with E-state index >= 15 is 0 Å². The first-order chi connectivity index (χ1) is 9.63. The van der Waals surface area contributed by atoms with Crippen LogP contribution < -0.4 is 10.1 Å². The third kappa shape index (κ3) is 4.80. The number of hydrogen-bond acceptors (Lipinski definition) is 6. The Morgan fingerprint density at radius 3 is 3.05 bits per heavy atom. The van der Waals surface area contributed by atoms with Crippen LogP contribution in [-0.2, 0) is 6.54 Å². The summed E-state index contributed by atoms with van der Waals surface area (Å²) in [6, 6.07) is 7.04. The highest BCUT2D eigenvalue weighted by Crippen LogP contribution is 2.17. The fourth-order valence-electron chi connectivity index (χ4n) is 1.57. The molecule has 0 aliphatic carbocycles. The third-order valence-corrected chi connectivity index (χ3v) is 2.70. The minimum Gasteiger partial charge on any atom is -0.491 e. The number of rotatable bonds is 7. The molecule has 108 valence electrons. The maximum absolute atomic E-state index is 9.78. The third-order valence-electron chi connectivity index (χ3n) is 2.46. The van der Waals surface area contributed by atoms with Crippen LogP contribution in [0.25, 0.3) is 0 Å². The zero-order valence-corrected chi connectivity index (χ0v) is 11.8. The lowest BCUT2D eigenvalue weighted by Crippen LogP contribution is -2.31. The van der Waals surface area contributed by atoms with Gasteiger partial charge in [0.15, 0.2) is 5.82 Å². The van der Waals surface area contributed by atoms with Gasteiger partial charge in [0.2, 0.25) is 5.89 Å². The predicted molar refractivity (Wildman–Crippen MR) is 73.7 cm³/mol. The Hall–Kier alpha value is -1.63. The van der Waals surface area contributed by atoms with Crippen molar-refractivity contribution in [2.24, 2.45) is 0 Å². The lowest BCUT2D eigenvalue weighted by atomic mass is 10.3. The first kappa shape index (κ1) is 14.8. The molecule has 20 heavy (non-hydrogen) atoms. The van der Waals surface area contributed by atoms with Gasteiger partial charge in [-0.25, -0.2) is 0 Å². The molecular formula is C13H16ClN3O3. The number of benzene rings is 1. The van der Waals surface area contributed by atoms with Crippen LogP contribution in [0.4, 0.5) is 0 Å². The molecule has 0 aliphatic rings. The highest BCUT2D eigenvalue weighted by molar-refractivity contribution is 6.30. The van der Waals surface area contributed by atoms with E-state index in [0.29, 0.717) is 35.6 Å². The van der Waals surface area contributed by atoms with Gasteiger partial charge in [0, 0.05) is 11.6 Å². The fourth-order valence-corrected chi connectivity index (χ4v) is 1.75. The first-order valence-corrected chi connectivity index (χ1v) is 6.57. The topological polar surface area (TPSA) is 80.4 Å². The Kier molecular flexibility index (Phi) is 5.34.